The third-order valence-electron chi connectivity index (χ3n) is 4.45. The zero-order chi connectivity index (χ0) is 18.7. The molecule has 2 amide bonds. The van der Waals surface area contributed by atoms with Gasteiger partial charge in [0.2, 0.25) is 5.91 Å². The first kappa shape index (κ1) is 17.9. The van der Waals surface area contributed by atoms with Gasteiger partial charge in [-0.2, -0.15) is 0 Å². The maximum atomic E-state index is 12.7. The predicted octanol–water partition coefficient (Wildman–Crippen LogP) is 2.53. The number of aromatic nitrogens is 2. The Labute approximate surface area is 153 Å². The molecule has 1 N–H and O–H groups in total. The summed E-state index contributed by atoms with van der Waals surface area (Å²) in [5, 5.41) is 2.86. The normalized spacial score (nSPS) is 16.1. The molecule has 1 aliphatic heterocycles. The van der Waals surface area contributed by atoms with E-state index in [2.05, 4.69) is 16.9 Å². The highest BCUT2D eigenvalue weighted by Gasteiger charge is 2.34. The molecule has 2 aromatic rings. The Bertz CT molecular complexity index is 826. The monoisotopic (exact) mass is 352 g/mol. The lowest BCUT2D eigenvalue weighted by Crippen LogP contribution is -2.43. The Hall–Kier alpha value is -2.89. The van der Waals surface area contributed by atoms with E-state index in [-0.39, 0.29) is 17.9 Å². The number of imidazole rings is 1. The zero-order valence-corrected chi connectivity index (χ0v) is 15.2. The van der Waals surface area contributed by atoms with Gasteiger partial charge >= 0.3 is 0 Å². The van der Waals surface area contributed by atoms with E-state index in [1.807, 2.05) is 41.8 Å². The summed E-state index contributed by atoms with van der Waals surface area (Å²) in [5.41, 5.74) is 1.85. The third-order valence-corrected chi connectivity index (χ3v) is 4.45. The summed E-state index contributed by atoms with van der Waals surface area (Å²) < 4.78 is 1.97. The molecular weight excluding hydrogens is 328 g/mol. The van der Waals surface area contributed by atoms with E-state index in [1.54, 1.807) is 18.0 Å². The van der Waals surface area contributed by atoms with Gasteiger partial charge in [0.15, 0.2) is 0 Å². The number of carbonyl (C=O) groups is 2. The van der Waals surface area contributed by atoms with Crippen molar-refractivity contribution in [1.82, 2.24) is 19.8 Å². The molecule has 0 spiro atoms. The van der Waals surface area contributed by atoms with Crippen molar-refractivity contribution in [3.8, 4) is 0 Å². The summed E-state index contributed by atoms with van der Waals surface area (Å²) in [6.45, 7) is 9.28. The molecule has 1 aliphatic rings. The van der Waals surface area contributed by atoms with E-state index in [4.69, 9.17) is 0 Å². The summed E-state index contributed by atoms with van der Waals surface area (Å²) in [4.78, 5) is 31.4. The largest absolute Gasteiger partial charge is 0.351 e. The molecule has 6 heteroatoms. The molecule has 6 nitrogen and oxygen atoms in total. The van der Waals surface area contributed by atoms with Crippen LogP contribution in [0.25, 0.3) is 0 Å². The van der Waals surface area contributed by atoms with Crippen molar-refractivity contribution in [2.24, 2.45) is 0 Å². The number of benzene rings is 1. The molecule has 1 aromatic heterocycles. The molecule has 0 saturated carbocycles. The zero-order valence-electron chi connectivity index (χ0n) is 15.2. The molecule has 3 rings (SSSR count). The SMILES string of the molecule is C=C(C)C(=O)N1CCn2cc(C(=O)NCCC)nc2C1c1ccccc1. The van der Waals surface area contributed by atoms with E-state index in [9.17, 15) is 9.59 Å². The van der Waals surface area contributed by atoms with Gasteiger partial charge in [-0.3, -0.25) is 9.59 Å². The highest BCUT2D eigenvalue weighted by Crippen LogP contribution is 2.32. The van der Waals surface area contributed by atoms with Crippen LogP contribution >= 0.6 is 0 Å². The highest BCUT2D eigenvalue weighted by atomic mass is 16.2. The van der Waals surface area contributed by atoms with Crippen molar-refractivity contribution >= 4 is 11.8 Å². The molecule has 0 aliphatic carbocycles. The van der Waals surface area contributed by atoms with Crippen LogP contribution in [0.15, 0.2) is 48.7 Å². The molecule has 0 saturated heterocycles. The third kappa shape index (κ3) is 3.40. The van der Waals surface area contributed by atoms with Crippen molar-refractivity contribution in [2.75, 3.05) is 13.1 Å². The fraction of sp³-hybridized carbons (Fsp3) is 0.350. The Balaban J connectivity index is 2.02. The van der Waals surface area contributed by atoms with Gasteiger partial charge in [-0.1, -0.05) is 43.8 Å². The minimum Gasteiger partial charge on any atom is -0.351 e. The van der Waals surface area contributed by atoms with Crippen LogP contribution in [0.5, 0.6) is 0 Å². The van der Waals surface area contributed by atoms with E-state index >= 15 is 0 Å². The molecule has 1 unspecified atom stereocenters. The van der Waals surface area contributed by atoms with Gasteiger partial charge in [-0.05, 0) is 18.9 Å². The summed E-state index contributed by atoms with van der Waals surface area (Å²) >= 11 is 0. The van der Waals surface area contributed by atoms with Crippen LogP contribution in [0.4, 0.5) is 0 Å². The Morgan fingerprint density at radius 1 is 1.27 bits per heavy atom. The minimum absolute atomic E-state index is 0.0925. The molecule has 1 atom stereocenters. The predicted molar refractivity (Wildman–Crippen MR) is 99.7 cm³/mol. The van der Waals surface area contributed by atoms with Crippen LogP contribution < -0.4 is 5.32 Å². The van der Waals surface area contributed by atoms with Gasteiger partial charge in [0, 0.05) is 31.4 Å². The lowest BCUT2D eigenvalue weighted by Gasteiger charge is -2.36. The van der Waals surface area contributed by atoms with Crippen molar-refractivity contribution in [1.29, 1.82) is 0 Å². The molecule has 0 radical (unpaired) electrons. The second kappa shape index (κ2) is 7.56. The number of hydrogen-bond donors (Lipinski definition) is 1. The van der Waals surface area contributed by atoms with E-state index in [0.717, 1.165) is 12.0 Å². The first-order valence-electron chi connectivity index (χ1n) is 8.89. The summed E-state index contributed by atoms with van der Waals surface area (Å²) in [5.74, 6) is 0.433. The number of nitrogens with one attached hydrogen (secondary N) is 1. The van der Waals surface area contributed by atoms with Crippen LogP contribution in [-0.4, -0.2) is 39.4 Å². The number of hydrogen-bond acceptors (Lipinski definition) is 3. The highest BCUT2D eigenvalue weighted by molar-refractivity contribution is 5.93. The maximum Gasteiger partial charge on any atom is 0.271 e. The molecule has 2 heterocycles. The fourth-order valence-electron chi connectivity index (χ4n) is 3.18. The number of rotatable bonds is 5. The average Bonchev–Trinajstić information content (AvgIpc) is 3.09. The Kier molecular flexibility index (Phi) is 5.21. The number of nitrogens with zero attached hydrogens (tertiary/aromatic N) is 3. The maximum absolute atomic E-state index is 12.7. The van der Waals surface area contributed by atoms with Crippen molar-refractivity contribution in [2.45, 2.75) is 32.9 Å². The van der Waals surface area contributed by atoms with E-state index < -0.39 is 0 Å². The Morgan fingerprint density at radius 3 is 2.65 bits per heavy atom. The fourth-order valence-corrected chi connectivity index (χ4v) is 3.18. The van der Waals surface area contributed by atoms with Crippen LogP contribution in [0.3, 0.4) is 0 Å². The molecule has 1 aromatic carbocycles. The molecular formula is C20H24N4O2. The van der Waals surface area contributed by atoms with Crippen LogP contribution in [0, 0.1) is 0 Å². The van der Waals surface area contributed by atoms with Gasteiger partial charge in [-0.25, -0.2) is 4.98 Å². The van der Waals surface area contributed by atoms with E-state index in [0.29, 0.717) is 36.7 Å². The second-order valence-corrected chi connectivity index (χ2v) is 6.53. The summed E-state index contributed by atoms with van der Waals surface area (Å²) in [6.07, 6.45) is 2.64. The number of fused-ring (bicyclic) bond motifs is 1. The van der Waals surface area contributed by atoms with Crippen LogP contribution in [-0.2, 0) is 11.3 Å². The smallest absolute Gasteiger partial charge is 0.271 e. The topological polar surface area (TPSA) is 67.2 Å². The van der Waals surface area contributed by atoms with Crippen molar-refractivity contribution in [3.63, 3.8) is 0 Å². The van der Waals surface area contributed by atoms with Gasteiger partial charge in [0.25, 0.3) is 5.91 Å². The quantitative estimate of drug-likeness (QED) is 0.841. The molecule has 0 bridgehead atoms. The van der Waals surface area contributed by atoms with Gasteiger partial charge in [-0.15, -0.1) is 0 Å². The first-order chi connectivity index (χ1) is 12.5. The second-order valence-electron chi connectivity index (χ2n) is 6.53. The summed E-state index contributed by atoms with van der Waals surface area (Å²) in [6, 6.07) is 9.44. The Morgan fingerprint density at radius 2 is 2.00 bits per heavy atom. The average molecular weight is 352 g/mol. The van der Waals surface area contributed by atoms with Gasteiger partial charge in [0.05, 0.1) is 0 Å². The number of carbonyl (C=O) groups excluding carboxylic acids is 2. The van der Waals surface area contributed by atoms with Crippen molar-refractivity contribution < 1.29 is 9.59 Å². The van der Waals surface area contributed by atoms with E-state index in [1.165, 1.54) is 0 Å². The van der Waals surface area contributed by atoms with Gasteiger partial charge < -0.3 is 14.8 Å². The standard InChI is InChI=1S/C20H24N4O2/c1-4-10-21-19(25)16-13-23-11-12-24(20(26)14(2)3)17(18(23)22-16)15-8-6-5-7-9-15/h5-9,13,17H,2,4,10-12H2,1,3H3,(H,21,25). The molecule has 26 heavy (non-hydrogen) atoms. The lowest BCUT2D eigenvalue weighted by atomic mass is 10.0. The summed E-state index contributed by atoms with van der Waals surface area (Å²) in [7, 11) is 0. The van der Waals surface area contributed by atoms with Crippen LogP contribution in [0.2, 0.25) is 0 Å². The minimum atomic E-state index is -0.332. The lowest BCUT2D eigenvalue weighted by molar-refractivity contribution is -0.129. The first-order valence-corrected chi connectivity index (χ1v) is 8.89. The van der Waals surface area contributed by atoms with Crippen LogP contribution in [0.1, 0.15) is 48.2 Å². The van der Waals surface area contributed by atoms with Crippen molar-refractivity contribution in [3.05, 3.63) is 65.8 Å². The number of amides is 2. The van der Waals surface area contributed by atoms with Gasteiger partial charge in [0.1, 0.15) is 17.6 Å². The molecule has 0 fully saturated rings. The molecule has 136 valence electrons.